The molecule has 2 heterocycles. The van der Waals surface area contributed by atoms with Crippen molar-refractivity contribution in [1.82, 2.24) is 4.57 Å². The van der Waals surface area contributed by atoms with Crippen molar-refractivity contribution in [1.29, 1.82) is 0 Å². The molecule has 130 valence electrons. The lowest BCUT2D eigenvalue weighted by Gasteiger charge is -2.10. The third kappa shape index (κ3) is 2.64. The molecule has 3 nitrogen and oxygen atoms in total. The van der Waals surface area contributed by atoms with Gasteiger partial charge in [-0.25, -0.2) is 0 Å². The van der Waals surface area contributed by atoms with Crippen molar-refractivity contribution in [3.63, 3.8) is 0 Å². The summed E-state index contributed by atoms with van der Waals surface area (Å²) in [6.45, 7) is 0.506. The molecule has 0 radical (unpaired) electrons. The van der Waals surface area contributed by atoms with E-state index in [0.29, 0.717) is 12.1 Å². The van der Waals surface area contributed by atoms with Crippen LogP contribution in [0.25, 0.3) is 33.1 Å². The lowest BCUT2D eigenvalue weighted by atomic mass is 10.0. The maximum atomic E-state index is 13.2. The van der Waals surface area contributed by atoms with E-state index in [-0.39, 0.29) is 5.56 Å². The van der Waals surface area contributed by atoms with Gasteiger partial charge in [0.2, 0.25) is 5.58 Å². The molecule has 27 heavy (non-hydrogen) atoms. The highest BCUT2D eigenvalue weighted by atomic mass is 16.3. The molecule has 0 aliphatic heterocycles. The highest BCUT2D eigenvalue weighted by Gasteiger charge is 2.17. The van der Waals surface area contributed by atoms with E-state index in [1.807, 2.05) is 79.0 Å². The maximum Gasteiger partial charge on any atom is 0.294 e. The molecular formula is C24H17NO2. The van der Waals surface area contributed by atoms with Crippen LogP contribution in [0.3, 0.4) is 0 Å². The first kappa shape index (κ1) is 15.6. The summed E-state index contributed by atoms with van der Waals surface area (Å²) in [4.78, 5) is 13.2. The highest BCUT2D eigenvalue weighted by molar-refractivity contribution is 6.11. The Bertz CT molecular complexity index is 1300. The Hall–Kier alpha value is -3.59. The normalized spacial score (nSPS) is 11.3. The molecule has 3 heteroatoms. The lowest BCUT2D eigenvalue weighted by Crippen LogP contribution is -2.20. The van der Waals surface area contributed by atoms with E-state index in [4.69, 9.17) is 4.42 Å². The predicted molar refractivity (Wildman–Crippen MR) is 109 cm³/mol. The second-order valence-corrected chi connectivity index (χ2v) is 6.63. The zero-order valence-electron chi connectivity index (χ0n) is 14.6. The molecule has 0 amide bonds. The number of fused-ring (bicyclic) bond motifs is 3. The monoisotopic (exact) mass is 351 g/mol. The topological polar surface area (TPSA) is 35.1 Å². The molecule has 0 fully saturated rings. The van der Waals surface area contributed by atoms with Gasteiger partial charge in [0.1, 0.15) is 5.58 Å². The third-order valence-corrected chi connectivity index (χ3v) is 4.89. The summed E-state index contributed by atoms with van der Waals surface area (Å²) in [5.74, 6) is 0. The van der Waals surface area contributed by atoms with Gasteiger partial charge in [-0.1, -0.05) is 78.9 Å². The minimum Gasteiger partial charge on any atom is -0.450 e. The second-order valence-electron chi connectivity index (χ2n) is 6.63. The summed E-state index contributed by atoms with van der Waals surface area (Å²) in [5.41, 5.74) is 4.19. The van der Waals surface area contributed by atoms with Crippen LogP contribution in [0.5, 0.6) is 0 Å². The second kappa shape index (κ2) is 6.29. The van der Waals surface area contributed by atoms with Crippen molar-refractivity contribution < 1.29 is 4.42 Å². The summed E-state index contributed by atoms with van der Waals surface area (Å²) in [6.07, 6.45) is 1.95. The van der Waals surface area contributed by atoms with Gasteiger partial charge in [-0.3, -0.25) is 4.79 Å². The van der Waals surface area contributed by atoms with Crippen molar-refractivity contribution in [2.75, 3.05) is 0 Å². The van der Waals surface area contributed by atoms with E-state index in [0.717, 1.165) is 33.0 Å². The maximum absolute atomic E-state index is 13.2. The molecule has 0 saturated heterocycles. The third-order valence-electron chi connectivity index (χ3n) is 4.89. The Morgan fingerprint density at radius 1 is 0.778 bits per heavy atom. The number of rotatable bonds is 3. The largest absolute Gasteiger partial charge is 0.450 e. The Balaban J connectivity index is 1.84. The van der Waals surface area contributed by atoms with Crippen LogP contribution in [0.15, 0.2) is 100 Å². The zero-order valence-corrected chi connectivity index (χ0v) is 14.6. The number of hydrogen-bond acceptors (Lipinski definition) is 2. The molecule has 0 aliphatic rings. The van der Waals surface area contributed by atoms with E-state index in [9.17, 15) is 4.79 Å². The van der Waals surface area contributed by atoms with Crippen LogP contribution < -0.4 is 5.56 Å². The van der Waals surface area contributed by atoms with Crippen molar-refractivity contribution >= 4 is 21.9 Å². The molecule has 0 unspecified atom stereocenters. The number of aromatic nitrogens is 1. The Labute approximate surface area is 156 Å². The van der Waals surface area contributed by atoms with Crippen molar-refractivity contribution in [2.24, 2.45) is 0 Å². The Morgan fingerprint density at radius 3 is 2.22 bits per heavy atom. The summed E-state index contributed by atoms with van der Waals surface area (Å²) in [6, 6.07) is 28.0. The van der Waals surface area contributed by atoms with Crippen LogP contribution in [0, 0.1) is 0 Å². The standard InChI is InChI=1S/C24H17NO2/c26-24-23-22(19-13-7-8-14-21(19)27-23)20(18-11-5-2-6-12-18)16-25(24)15-17-9-3-1-4-10-17/h1-14,16H,15H2. The average molecular weight is 351 g/mol. The fraction of sp³-hybridized carbons (Fsp3) is 0.0417. The minimum absolute atomic E-state index is 0.107. The summed E-state index contributed by atoms with van der Waals surface area (Å²) < 4.78 is 7.73. The molecule has 3 aromatic carbocycles. The average Bonchev–Trinajstić information content (AvgIpc) is 3.12. The first-order valence-electron chi connectivity index (χ1n) is 8.95. The van der Waals surface area contributed by atoms with Crippen LogP contribution in [0.4, 0.5) is 0 Å². The molecule has 0 N–H and O–H groups in total. The number of hydrogen-bond donors (Lipinski definition) is 0. The zero-order chi connectivity index (χ0) is 18.2. The van der Waals surface area contributed by atoms with Crippen molar-refractivity contribution in [3.05, 3.63) is 107 Å². The molecule has 0 aliphatic carbocycles. The van der Waals surface area contributed by atoms with Crippen molar-refractivity contribution in [2.45, 2.75) is 6.54 Å². The molecule has 5 aromatic rings. The Morgan fingerprint density at radius 2 is 1.44 bits per heavy atom. The summed E-state index contributed by atoms with van der Waals surface area (Å²) in [5, 5.41) is 1.85. The fourth-order valence-corrected chi connectivity index (χ4v) is 3.61. The molecule has 0 atom stereocenters. The van der Waals surface area contributed by atoms with E-state index in [1.165, 1.54) is 0 Å². The molecule has 0 bridgehead atoms. The van der Waals surface area contributed by atoms with Gasteiger partial charge in [0.05, 0.1) is 6.54 Å². The first-order valence-corrected chi connectivity index (χ1v) is 8.95. The van der Waals surface area contributed by atoms with Gasteiger partial charge >= 0.3 is 0 Å². The smallest absolute Gasteiger partial charge is 0.294 e. The van der Waals surface area contributed by atoms with Gasteiger partial charge in [0.25, 0.3) is 5.56 Å². The molecule has 2 aromatic heterocycles. The predicted octanol–water partition coefficient (Wildman–Crippen LogP) is 5.46. The first-order chi connectivity index (χ1) is 13.3. The van der Waals surface area contributed by atoms with Gasteiger partial charge < -0.3 is 8.98 Å². The number of benzene rings is 3. The quantitative estimate of drug-likeness (QED) is 0.432. The van der Waals surface area contributed by atoms with Crippen LogP contribution in [-0.4, -0.2) is 4.57 Å². The van der Waals surface area contributed by atoms with Crippen LogP contribution in [0.2, 0.25) is 0 Å². The van der Waals surface area contributed by atoms with E-state index >= 15 is 0 Å². The molecule has 0 saturated carbocycles. The number of para-hydroxylation sites is 1. The Kier molecular flexibility index (Phi) is 3.65. The van der Waals surface area contributed by atoms with Gasteiger partial charge in [-0.05, 0) is 17.2 Å². The van der Waals surface area contributed by atoms with E-state index < -0.39 is 0 Å². The molecule has 5 rings (SSSR count). The summed E-state index contributed by atoms with van der Waals surface area (Å²) in [7, 11) is 0. The van der Waals surface area contributed by atoms with Crippen LogP contribution in [-0.2, 0) is 6.54 Å². The summed E-state index contributed by atoms with van der Waals surface area (Å²) >= 11 is 0. The van der Waals surface area contributed by atoms with E-state index in [1.54, 1.807) is 4.57 Å². The van der Waals surface area contributed by atoms with Gasteiger partial charge in [-0.15, -0.1) is 0 Å². The SMILES string of the molecule is O=c1c2oc3ccccc3c2c(-c2ccccc2)cn1Cc1ccccc1. The number of nitrogens with zero attached hydrogens (tertiary/aromatic N) is 1. The van der Waals surface area contributed by atoms with Gasteiger partial charge in [0, 0.05) is 22.5 Å². The minimum atomic E-state index is -0.107. The van der Waals surface area contributed by atoms with Gasteiger partial charge in [-0.2, -0.15) is 0 Å². The molecule has 0 spiro atoms. The molecular weight excluding hydrogens is 334 g/mol. The van der Waals surface area contributed by atoms with Crippen LogP contribution >= 0.6 is 0 Å². The fourth-order valence-electron chi connectivity index (χ4n) is 3.61. The van der Waals surface area contributed by atoms with Crippen LogP contribution in [0.1, 0.15) is 5.56 Å². The highest BCUT2D eigenvalue weighted by Crippen LogP contribution is 2.34. The van der Waals surface area contributed by atoms with Crippen molar-refractivity contribution in [3.8, 4) is 11.1 Å². The number of furan rings is 1. The van der Waals surface area contributed by atoms with E-state index in [2.05, 4.69) is 12.1 Å². The number of pyridine rings is 1. The van der Waals surface area contributed by atoms with Gasteiger partial charge in [0.15, 0.2) is 0 Å². The lowest BCUT2D eigenvalue weighted by molar-refractivity contribution is 0.648.